The average Bonchev–Trinajstić information content (AvgIpc) is 2.87. The van der Waals surface area contributed by atoms with Crippen LogP contribution in [0.25, 0.3) is 0 Å². The Morgan fingerprint density at radius 3 is 2.89 bits per heavy atom. The number of hydrogen-bond donors (Lipinski definition) is 2. The van der Waals surface area contributed by atoms with Crippen LogP contribution < -0.4 is 16.0 Å². The Morgan fingerprint density at radius 2 is 2.26 bits per heavy atom. The molecule has 0 radical (unpaired) electrons. The van der Waals surface area contributed by atoms with Crippen molar-refractivity contribution in [3.63, 3.8) is 0 Å². The number of carbonyl (C=O) groups is 1. The summed E-state index contributed by atoms with van der Waals surface area (Å²) in [5.41, 5.74) is 5.39. The molecule has 3 unspecified atom stereocenters. The maximum atomic E-state index is 11.3. The summed E-state index contributed by atoms with van der Waals surface area (Å²) in [6.07, 6.45) is 1.72. The number of amides is 1. The first-order valence-corrected chi connectivity index (χ1v) is 6.59. The molecule has 7 nitrogen and oxygen atoms in total. The van der Waals surface area contributed by atoms with Crippen molar-refractivity contribution in [1.82, 2.24) is 15.5 Å². The predicted octanol–water partition coefficient (Wildman–Crippen LogP) is 0.440. The van der Waals surface area contributed by atoms with Gasteiger partial charge in [-0.15, -0.1) is 5.10 Å². The van der Waals surface area contributed by atoms with Gasteiger partial charge >= 0.3 is 6.01 Å². The van der Waals surface area contributed by atoms with Gasteiger partial charge in [0.05, 0.1) is 12.0 Å². The Balaban J connectivity index is 2.14. The highest BCUT2D eigenvalue weighted by Gasteiger charge is 2.31. The monoisotopic (exact) mass is 267 g/mol. The molecule has 1 amide bonds. The molecule has 1 aliphatic rings. The SMILES string of the molecule is CNC(C)c1nnc(N2CC(C(N)=O)CCC2C)o1. The van der Waals surface area contributed by atoms with Gasteiger partial charge in [-0.05, 0) is 33.7 Å². The third-order valence-corrected chi connectivity index (χ3v) is 3.76. The van der Waals surface area contributed by atoms with Crippen LogP contribution in [0.4, 0.5) is 6.01 Å². The lowest BCUT2D eigenvalue weighted by atomic mass is 9.93. The summed E-state index contributed by atoms with van der Waals surface area (Å²) in [6, 6.07) is 0.748. The Morgan fingerprint density at radius 1 is 1.53 bits per heavy atom. The van der Waals surface area contributed by atoms with E-state index in [0.717, 1.165) is 12.8 Å². The maximum absolute atomic E-state index is 11.3. The molecule has 1 aromatic heterocycles. The number of hydrogen-bond acceptors (Lipinski definition) is 6. The average molecular weight is 267 g/mol. The molecule has 0 spiro atoms. The summed E-state index contributed by atoms with van der Waals surface area (Å²) in [5.74, 6) is 0.138. The molecule has 2 rings (SSSR count). The van der Waals surface area contributed by atoms with E-state index in [0.29, 0.717) is 18.5 Å². The normalized spacial score (nSPS) is 25.3. The number of anilines is 1. The van der Waals surface area contributed by atoms with Crippen LogP contribution in [-0.4, -0.2) is 35.7 Å². The number of aromatic nitrogens is 2. The standard InChI is InChI=1S/C12H21N5O2/c1-7-4-5-9(10(13)18)6-17(7)12-16-15-11(19-12)8(2)14-3/h7-9,14H,4-6H2,1-3H3,(H2,13,18). The van der Waals surface area contributed by atoms with E-state index in [1.165, 1.54) is 0 Å². The molecule has 0 aromatic carbocycles. The molecular formula is C12H21N5O2. The lowest BCUT2D eigenvalue weighted by molar-refractivity contribution is -0.122. The minimum absolute atomic E-state index is 0.00767. The maximum Gasteiger partial charge on any atom is 0.318 e. The number of piperidine rings is 1. The fourth-order valence-corrected chi connectivity index (χ4v) is 2.25. The molecular weight excluding hydrogens is 246 g/mol. The summed E-state index contributed by atoms with van der Waals surface area (Å²) < 4.78 is 5.66. The van der Waals surface area contributed by atoms with Crippen LogP contribution in [0.2, 0.25) is 0 Å². The van der Waals surface area contributed by atoms with Gasteiger partial charge in [-0.25, -0.2) is 0 Å². The third kappa shape index (κ3) is 2.86. The van der Waals surface area contributed by atoms with Crippen LogP contribution in [0, 0.1) is 5.92 Å². The Labute approximate surface area is 112 Å². The van der Waals surface area contributed by atoms with Crippen LogP contribution in [0.1, 0.15) is 38.6 Å². The lowest BCUT2D eigenvalue weighted by Gasteiger charge is -2.35. The number of nitrogens with two attached hydrogens (primary N) is 1. The van der Waals surface area contributed by atoms with Crippen molar-refractivity contribution in [2.45, 2.75) is 38.8 Å². The summed E-state index contributed by atoms with van der Waals surface area (Å²) in [4.78, 5) is 13.3. The quantitative estimate of drug-likeness (QED) is 0.821. The zero-order valence-electron chi connectivity index (χ0n) is 11.6. The second-order valence-corrected chi connectivity index (χ2v) is 5.11. The van der Waals surface area contributed by atoms with Gasteiger partial charge in [0.25, 0.3) is 0 Å². The topological polar surface area (TPSA) is 97.3 Å². The molecule has 1 fully saturated rings. The first kappa shape index (κ1) is 13.8. The van der Waals surface area contributed by atoms with Crippen LogP contribution in [0.5, 0.6) is 0 Å². The Bertz CT molecular complexity index is 447. The highest BCUT2D eigenvalue weighted by Crippen LogP contribution is 2.27. The van der Waals surface area contributed by atoms with E-state index in [1.807, 2.05) is 18.9 Å². The smallest absolute Gasteiger partial charge is 0.318 e. The number of nitrogens with zero attached hydrogens (tertiary/aromatic N) is 3. The summed E-state index contributed by atoms with van der Waals surface area (Å²) in [5, 5.41) is 11.1. The number of nitrogens with one attached hydrogen (secondary N) is 1. The molecule has 0 aliphatic carbocycles. The van der Waals surface area contributed by atoms with Crippen molar-refractivity contribution in [3.8, 4) is 0 Å². The second-order valence-electron chi connectivity index (χ2n) is 5.11. The molecule has 3 N–H and O–H groups in total. The van der Waals surface area contributed by atoms with E-state index >= 15 is 0 Å². The molecule has 1 saturated heterocycles. The zero-order valence-corrected chi connectivity index (χ0v) is 11.6. The Kier molecular flexibility index (Phi) is 4.04. The number of rotatable bonds is 4. The summed E-state index contributed by atoms with van der Waals surface area (Å²) in [6.45, 7) is 4.58. The molecule has 19 heavy (non-hydrogen) atoms. The van der Waals surface area contributed by atoms with Crippen LogP contribution in [-0.2, 0) is 4.79 Å². The van der Waals surface area contributed by atoms with Crippen molar-refractivity contribution in [1.29, 1.82) is 0 Å². The summed E-state index contributed by atoms with van der Waals surface area (Å²) >= 11 is 0. The molecule has 2 heterocycles. The lowest BCUT2D eigenvalue weighted by Crippen LogP contribution is -2.46. The number of carbonyl (C=O) groups excluding carboxylic acids is 1. The second kappa shape index (κ2) is 5.56. The van der Waals surface area contributed by atoms with E-state index < -0.39 is 0 Å². The van der Waals surface area contributed by atoms with Gasteiger partial charge in [-0.2, -0.15) is 0 Å². The van der Waals surface area contributed by atoms with Crippen LogP contribution in [0.3, 0.4) is 0 Å². The highest BCUT2D eigenvalue weighted by atomic mass is 16.4. The summed E-state index contributed by atoms with van der Waals surface area (Å²) in [7, 11) is 1.83. The molecule has 1 aliphatic heterocycles. The van der Waals surface area contributed by atoms with Crippen molar-refractivity contribution in [3.05, 3.63) is 5.89 Å². The van der Waals surface area contributed by atoms with Gasteiger partial charge in [0.1, 0.15) is 0 Å². The molecule has 0 saturated carbocycles. The minimum atomic E-state index is -0.264. The predicted molar refractivity (Wildman–Crippen MR) is 70.5 cm³/mol. The van der Waals surface area contributed by atoms with E-state index in [4.69, 9.17) is 10.2 Å². The fourth-order valence-electron chi connectivity index (χ4n) is 2.25. The molecule has 106 valence electrons. The van der Waals surface area contributed by atoms with E-state index in [2.05, 4.69) is 22.4 Å². The van der Waals surface area contributed by atoms with Crippen molar-refractivity contribution in [2.24, 2.45) is 11.7 Å². The minimum Gasteiger partial charge on any atom is -0.406 e. The molecule has 1 aromatic rings. The van der Waals surface area contributed by atoms with E-state index in [1.54, 1.807) is 0 Å². The van der Waals surface area contributed by atoms with Gasteiger partial charge in [0.2, 0.25) is 11.8 Å². The number of primary amides is 1. The molecule has 0 bridgehead atoms. The third-order valence-electron chi connectivity index (χ3n) is 3.76. The Hall–Kier alpha value is -1.63. The van der Waals surface area contributed by atoms with E-state index in [-0.39, 0.29) is 23.9 Å². The van der Waals surface area contributed by atoms with Crippen molar-refractivity contribution < 1.29 is 9.21 Å². The van der Waals surface area contributed by atoms with Gasteiger partial charge in [0.15, 0.2) is 0 Å². The molecule has 3 atom stereocenters. The van der Waals surface area contributed by atoms with Gasteiger partial charge in [0, 0.05) is 12.6 Å². The van der Waals surface area contributed by atoms with Crippen LogP contribution in [0.15, 0.2) is 4.42 Å². The first-order valence-electron chi connectivity index (χ1n) is 6.59. The largest absolute Gasteiger partial charge is 0.406 e. The highest BCUT2D eigenvalue weighted by molar-refractivity contribution is 5.77. The van der Waals surface area contributed by atoms with Gasteiger partial charge in [-0.1, -0.05) is 5.10 Å². The molecule has 7 heteroatoms. The van der Waals surface area contributed by atoms with Gasteiger partial charge < -0.3 is 20.4 Å². The van der Waals surface area contributed by atoms with Crippen molar-refractivity contribution in [2.75, 3.05) is 18.5 Å². The van der Waals surface area contributed by atoms with Gasteiger partial charge in [-0.3, -0.25) is 4.79 Å². The first-order chi connectivity index (χ1) is 9.02. The fraction of sp³-hybridized carbons (Fsp3) is 0.750. The van der Waals surface area contributed by atoms with Crippen molar-refractivity contribution >= 4 is 11.9 Å². The van der Waals surface area contributed by atoms with E-state index in [9.17, 15) is 4.79 Å². The van der Waals surface area contributed by atoms with Crippen LogP contribution >= 0.6 is 0 Å². The zero-order chi connectivity index (χ0) is 14.0.